The summed E-state index contributed by atoms with van der Waals surface area (Å²) < 4.78 is 16.2. The lowest BCUT2D eigenvalue weighted by Gasteiger charge is -2.14. The van der Waals surface area contributed by atoms with Gasteiger partial charge in [0.1, 0.15) is 0 Å². The summed E-state index contributed by atoms with van der Waals surface area (Å²) in [6, 6.07) is 5.52. The maximum Gasteiger partial charge on any atom is 0.247 e. The molecule has 0 aliphatic rings. The van der Waals surface area contributed by atoms with Crippen LogP contribution in [-0.4, -0.2) is 42.4 Å². The predicted molar refractivity (Wildman–Crippen MR) is 79.5 cm³/mol. The minimum absolute atomic E-state index is 0.484. The Labute approximate surface area is 124 Å². The van der Waals surface area contributed by atoms with E-state index in [9.17, 15) is 0 Å². The van der Waals surface area contributed by atoms with E-state index in [0.29, 0.717) is 29.8 Å². The molecule has 114 valence electrons. The molecule has 6 heteroatoms. The smallest absolute Gasteiger partial charge is 0.247 e. The van der Waals surface area contributed by atoms with Crippen molar-refractivity contribution < 1.29 is 13.9 Å². The molecule has 0 saturated carbocycles. The lowest BCUT2D eigenvalue weighted by Crippen LogP contribution is -2.22. The molecule has 0 aliphatic carbocycles. The minimum atomic E-state index is 0.484. The van der Waals surface area contributed by atoms with Crippen molar-refractivity contribution in [2.45, 2.75) is 20.4 Å². The molecule has 0 atom stereocenters. The molecular weight excluding hydrogens is 270 g/mol. The Bertz CT molecular complexity index is 579. The van der Waals surface area contributed by atoms with Gasteiger partial charge in [0.15, 0.2) is 11.5 Å². The summed E-state index contributed by atoms with van der Waals surface area (Å²) in [6.07, 6.45) is 0. The Morgan fingerprint density at radius 1 is 1.05 bits per heavy atom. The molecule has 0 N–H and O–H groups in total. The molecule has 6 nitrogen and oxygen atoms in total. The number of hydrogen-bond donors (Lipinski definition) is 0. The van der Waals surface area contributed by atoms with Gasteiger partial charge in [0.25, 0.3) is 0 Å². The Morgan fingerprint density at radius 3 is 2.38 bits per heavy atom. The van der Waals surface area contributed by atoms with Crippen LogP contribution in [-0.2, 0) is 6.54 Å². The van der Waals surface area contributed by atoms with Crippen LogP contribution in [0.5, 0.6) is 11.5 Å². The van der Waals surface area contributed by atoms with Gasteiger partial charge in [-0.1, -0.05) is 13.8 Å². The van der Waals surface area contributed by atoms with Crippen LogP contribution >= 0.6 is 0 Å². The fourth-order valence-electron chi connectivity index (χ4n) is 2.04. The topological polar surface area (TPSA) is 60.6 Å². The van der Waals surface area contributed by atoms with Crippen LogP contribution < -0.4 is 9.47 Å². The SMILES string of the molecule is CCN(CC)Cc1nnc(-c2ccc(OC)c(OC)c2)o1. The first-order valence-electron chi connectivity index (χ1n) is 6.98. The molecular formula is C15H21N3O3. The molecule has 2 aromatic rings. The molecule has 1 heterocycles. The normalized spacial score (nSPS) is 10.9. The van der Waals surface area contributed by atoms with Crippen LogP contribution in [0.4, 0.5) is 0 Å². The zero-order valence-corrected chi connectivity index (χ0v) is 12.9. The van der Waals surface area contributed by atoms with Gasteiger partial charge in [-0.15, -0.1) is 10.2 Å². The molecule has 2 rings (SSSR count). The molecule has 21 heavy (non-hydrogen) atoms. The number of ether oxygens (including phenoxy) is 2. The van der Waals surface area contributed by atoms with Gasteiger partial charge in [0.05, 0.1) is 20.8 Å². The highest BCUT2D eigenvalue weighted by atomic mass is 16.5. The number of aromatic nitrogens is 2. The lowest BCUT2D eigenvalue weighted by molar-refractivity contribution is 0.264. The quantitative estimate of drug-likeness (QED) is 0.781. The summed E-state index contributed by atoms with van der Waals surface area (Å²) in [5.41, 5.74) is 0.811. The third kappa shape index (κ3) is 3.52. The minimum Gasteiger partial charge on any atom is -0.493 e. The third-order valence-electron chi connectivity index (χ3n) is 3.35. The number of benzene rings is 1. The predicted octanol–water partition coefficient (Wildman–Crippen LogP) is 2.60. The van der Waals surface area contributed by atoms with Gasteiger partial charge >= 0.3 is 0 Å². The Hall–Kier alpha value is -2.08. The van der Waals surface area contributed by atoms with E-state index in [1.807, 2.05) is 18.2 Å². The van der Waals surface area contributed by atoms with E-state index in [1.165, 1.54) is 0 Å². The van der Waals surface area contributed by atoms with E-state index in [4.69, 9.17) is 13.9 Å². The van der Waals surface area contributed by atoms with Crippen LogP contribution in [0.3, 0.4) is 0 Å². The van der Waals surface area contributed by atoms with Crippen molar-refractivity contribution in [2.24, 2.45) is 0 Å². The van der Waals surface area contributed by atoms with Crippen molar-refractivity contribution >= 4 is 0 Å². The van der Waals surface area contributed by atoms with Gasteiger partial charge in [-0.25, -0.2) is 0 Å². The largest absolute Gasteiger partial charge is 0.493 e. The third-order valence-corrected chi connectivity index (χ3v) is 3.35. The Morgan fingerprint density at radius 2 is 1.76 bits per heavy atom. The van der Waals surface area contributed by atoms with Gasteiger partial charge in [-0.3, -0.25) is 4.90 Å². The van der Waals surface area contributed by atoms with E-state index >= 15 is 0 Å². The van der Waals surface area contributed by atoms with Crippen LogP contribution in [0.1, 0.15) is 19.7 Å². The fraction of sp³-hybridized carbons (Fsp3) is 0.467. The summed E-state index contributed by atoms with van der Waals surface area (Å²) in [5, 5.41) is 8.20. The molecule has 0 spiro atoms. The fourth-order valence-corrected chi connectivity index (χ4v) is 2.04. The van der Waals surface area contributed by atoms with Gasteiger partial charge in [-0.2, -0.15) is 0 Å². The summed E-state index contributed by atoms with van der Waals surface area (Å²) in [4.78, 5) is 2.21. The second kappa shape index (κ2) is 7.08. The molecule has 1 aromatic carbocycles. The van der Waals surface area contributed by atoms with E-state index < -0.39 is 0 Å². The van der Waals surface area contributed by atoms with Crippen molar-refractivity contribution in [3.05, 3.63) is 24.1 Å². The average molecular weight is 291 g/mol. The van der Waals surface area contributed by atoms with Crippen LogP contribution in [0, 0.1) is 0 Å². The Kier molecular flexibility index (Phi) is 5.16. The van der Waals surface area contributed by atoms with Crippen molar-refractivity contribution in [2.75, 3.05) is 27.3 Å². The van der Waals surface area contributed by atoms with Crippen molar-refractivity contribution in [3.63, 3.8) is 0 Å². The lowest BCUT2D eigenvalue weighted by atomic mass is 10.2. The highest BCUT2D eigenvalue weighted by Crippen LogP contribution is 2.31. The standard InChI is InChI=1S/C15H21N3O3/c1-5-18(6-2)10-14-16-17-15(21-14)11-7-8-12(19-3)13(9-11)20-4/h7-9H,5-6,10H2,1-4H3. The first-order valence-corrected chi connectivity index (χ1v) is 6.98. The van der Waals surface area contributed by atoms with Crippen molar-refractivity contribution in [3.8, 4) is 23.0 Å². The Balaban J connectivity index is 2.21. The summed E-state index contributed by atoms with van der Waals surface area (Å²) in [7, 11) is 3.20. The van der Waals surface area contributed by atoms with Crippen LogP contribution in [0.2, 0.25) is 0 Å². The zero-order valence-electron chi connectivity index (χ0n) is 12.9. The molecule has 0 unspecified atom stereocenters. The highest BCUT2D eigenvalue weighted by Gasteiger charge is 2.13. The van der Waals surface area contributed by atoms with Gasteiger partial charge in [-0.05, 0) is 31.3 Å². The number of hydrogen-bond acceptors (Lipinski definition) is 6. The first-order chi connectivity index (χ1) is 10.2. The van der Waals surface area contributed by atoms with Crippen LogP contribution in [0.25, 0.3) is 11.5 Å². The number of methoxy groups -OCH3 is 2. The van der Waals surface area contributed by atoms with E-state index in [0.717, 1.165) is 18.7 Å². The van der Waals surface area contributed by atoms with Gasteiger partial charge in [0.2, 0.25) is 11.8 Å². The second-order valence-electron chi connectivity index (χ2n) is 4.53. The highest BCUT2D eigenvalue weighted by molar-refractivity contribution is 5.59. The van der Waals surface area contributed by atoms with Crippen LogP contribution in [0.15, 0.2) is 22.6 Å². The van der Waals surface area contributed by atoms with E-state index in [1.54, 1.807) is 14.2 Å². The molecule has 1 aromatic heterocycles. The van der Waals surface area contributed by atoms with Gasteiger partial charge < -0.3 is 13.9 Å². The van der Waals surface area contributed by atoms with Gasteiger partial charge in [0, 0.05) is 5.56 Å². The monoisotopic (exact) mass is 291 g/mol. The molecule has 0 amide bonds. The summed E-state index contributed by atoms with van der Waals surface area (Å²) >= 11 is 0. The second-order valence-corrected chi connectivity index (χ2v) is 4.53. The summed E-state index contributed by atoms with van der Waals surface area (Å²) in [5.74, 6) is 2.41. The molecule has 0 bridgehead atoms. The summed E-state index contributed by atoms with van der Waals surface area (Å²) in [6.45, 7) is 6.77. The zero-order chi connectivity index (χ0) is 15.2. The number of nitrogens with zero attached hydrogens (tertiary/aromatic N) is 3. The van der Waals surface area contributed by atoms with E-state index in [2.05, 4.69) is 28.9 Å². The molecule has 0 aliphatic heterocycles. The van der Waals surface area contributed by atoms with Crippen molar-refractivity contribution in [1.82, 2.24) is 15.1 Å². The van der Waals surface area contributed by atoms with E-state index in [-0.39, 0.29) is 0 Å². The van der Waals surface area contributed by atoms with Crippen molar-refractivity contribution in [1.29, 1.82) is 0 Å². The number of rotatable bonds is 7. The molecule has 0 saturated heterocycles. The average Bonchev–Trinajstić information content (AvgIpc) is 3.00. The molecule has 0 radical (unpaired) electrons. The first kappa shape index (κ1) is 15.3. The maximum absolute atomic E-state index is 5.72. The maximum atomic E-state index is 5.72. The molecule has 0 fully saturated rings.